The number of likely N-dealkylation sites (tertiary alicyclic amines) is 1. The summed E-state index contributed by atoms with van der Waals surface area (Å²) in [7, 11) is 0. The smallest absolute Gasteiger partial charge is 0.255 e. The number of rotatable bonds is 3. The second-order valence-electron chi connectivity index (χ2n) is 6.53. The van der Waals surface area contributed by atoms with E-state index in [4.69, 9.17) is 4.74 Å². The van der Waals surface area contributed by atoms with Gasteiger partial charge in [-0.25, -0.2) is 0 Å². The van der Waals surface area contributed by atoms with Gasteiger partial charge < -0.3 is 15.0 Å². The lowest BCUT2D eigenvalue weighted by Gasteiger charge is -2.18. The van der Waals surface area contributed by atoms with Gasteiger partial charge in [0.2, 0.25) is 0 Å². The fourth-order valence-electron chi connectivity index (χ4n) is 3.26. The van der Waals surface area contributed by atoms with Gasteiger partial charge in [-0.05, 0) is 49.2 Å². The van der Waals surface area contributed by atoms with Crippen LogP contribution in [-0.4, -0.2) is 36.4 Å². The molecule has 2 aliphatic heterocycles. The van der Waals surface area contributed by atoms with Crippen LogP contribution < -0.4 is 10.1 Å². The van der Waals surface area contributed by atoms with Gasteiger partial charge in [-0.3, -0.25) is 9.59 Å². The summed E-state index contributed by atoms with van der Waals surface area (Å²) in [6.07, 6.45) is 3.99. The van der Waals surface area contributed by atoms with Gasteiger partial charge in [0.1, 0.15) is 12.4 Å². The van der Waals surface area contributed by atoms with Gasteiger partial charge in [-0.15, -0.1) is 0 Å². The molecular formula is C21H20N2O3. The first-order valence-electron chi connectivity index (χ1n) is 8.84. The zero-order chi connectivity index (χ0) is 17.9. The minimum Gasteiger partial charge on any atom is -0.488 e. The molecule has 2 heterocycles. The zero-order valence-corrected chi connectivity index (χ0v) is 14.4. The summed E-state index contributed by atoms with van der Waals surface area (Å²) in [5.74, 6) is 0.646. The second kappa shape index (κ2) is 7.04. The number of benzene rings is 2. The lowest BCUT2D eigenvalue weighted by Crippen LogP contribution is -2.27. The Bertz CT molecular complexity index is 865. The summed E-state index contributed by atoms with van der Waals surface area (Å²) >= 11 is 0. The molecule has 26 heavy (non-hydrogen) atoms. The molecular weight excluding hydrogens is 328 g/mol. The zero-order valence-electron chi connectivity index (χ0n) is 14.4. The first-order chi connectivity index (χ1) is 12.7. The molecule has 2 aromatic carbocycles. The van der Waals surface area contributed by atoms with Crippen molar-refractivity contribution in [1.82, 2.24) is 4.90 Å². The van der Waals surface area contributed by atoms with Crippen molar-refractivity contribution in [3.8, 4) is 5.75 Å². The Balaban J connectivity index is 1.43. The SMILES string of the molecule is O=C(Nc1ccc(C(=O)N2CCCC2)cc1)C1=Cc2ccccc2OC1. The topological polar surface area (TPSA) is 58.6 Å². The van der Waals surface area contributed by atoms with Crippen molar-refractivity contribution >= 4 is 23.6 Å². The maximum atomic E-state index is 12.5. The summed E-state index contributed by atoms with van der Waals surface area (Å²) in [5, 5.41) is 2.87. The highest BCUT2D eigenvalue weighted by molar-refractivity contribution is 6.07. The molecule has 0 radical (unpaired) electrons. The molecule has 0 unspecified atom stereocenters. The van der Waals surface area contributed by atoms with E-state index in [0.29, 0.717) is 16.8 Å². The van der Waals surface area contributed by atoms with Crippen LogP contribution >= 0.6 is 0 Å². The average molecular weight is 348 g/mol. The molecule has 0 spiro atoms. The molecule has 0 atom stereocenters. The van der Waals surface area contributed by atoms with Crippen LogP contribution in [0.5, 0.6) is 5.75 Å². The molecule has 5 heteroatoms. The summed E-state index contributed by atoms with van der Waals surface area (Å²) in [5.41, 5.74) is 2.78. The lowest BCUT2D eigenvalue weighted by atomic mass is 10.1. The van der Waals surface area contributed by atoms with Crippen molar-refractivity contribution in [3.63, 3.8) is 0 Å². The van der Waals surface area contributed by atoms with Gasteiger partial charge in [0.05, 0.1) is 5.57 Å². The van der Waals surface area contributed by atoms with Gasteiger partial charge in [-0.1, -0.05) is 18.2 Å². The van der Waals surface area contributed by atoms with E-state index in [0.717, 1.165) is 37.2 Å². The number of nitrogens with one attached hydrogen (secondary N) is 1. The van der Waals surface area contributed by atoms with Crippen LogP contribution in [0.3, 0.4) is 0 Å². The van der Waals surface area contributed by atoms with Crippen molar-refractivity contribution in [2.24, 2.45) is 0 Å². The predicted molar refractivity (Wildman–Crippen MR) is 100 cm³/mol. The Kier molecular flexibility index (Phi) is 4.44. The van der Waals surface area contributed by atoms with E-state index in [1.165, 1.54) is 0 Å². The Labute approximate surface area is 152 Å². The van der Waals surface area contributed by atoms with Crippen molar-refractivity contribution in [2.75, 3.05) is 25.0 Å². The summed E-state index contributed by atoms with van der Waals surface area (Å²) < 4.78 is 5.62. The number of para-hydroxylation sites is 1. The molecule has 0 aromatic heterocycles. The highest BCUT2D eigenvalue weighted by atomic mass is 16.5. The third kappa shape index (κ3) is 3.33. The van der Waals surface area contributed by atoms with Crippen molar-refractivity contribution in [3.05, 3.63) is 65.2 Å². The van der Waals surface area contributed by atoms with Crippen LogP contribution in [0, 0.1) is 0 Å². The van der Waals surface area contributed by atoms with Crippen molar-refractivity contribution in [1.29, 1.82) is 0 Å². The Morgan fingerprint density at radius 3 is 2.46 bits per heavy atom. The lowest BCUT2D eigenvalue weighted by molar-refractivity contribution is -0.113. The maximum Gasteiger partial charge on any atom is 0.255 e. The van der Waals surface area contributed by atoms with E-state index in [1.807, 2.05) is 35.2 Å². The first kappa shape index (κ1) is 16.4. The number of carbonyl (C=O) groups is 2. The summed E-state index contributed by atoms with van der Waals surface area (Å²) in [4.78, 5) is 26.7. The van der Waals surface area contributed by atoms with Crippen LogP contribution in [0.15, 0.2) is 54.1 Å². The fraction of sp³-hybridized carbons (Fsp3) is 0.238. The molecule has 2 aromatic rings. The maximum absolute atomic E-state index is 12.5. The number of ether oxygens (including phenoxy) is 1. The molecule has 0 saturated carbocycles. The van der Waals surface area contributed by atoms with E-state index in [1.54, 1.807) is 24.3 Å². The molecule has 4 rings (SSSR count). The average Bonchev–Trinajstić information content (AvgIpc) is 3.22. The van der Waals surface area contributed by atoms with E-state index >= 15 is 0 Å². The number of anilines is 1. The van der Waals surface area contributed by atoms with Gasteiger partial charge in [0, 0.05) is 29.9 Å². The van der Waals surface area contributed by atoms with E-state index in [2.05, 4.69) is 5.32 Å². The summed E-state index contributed by atoms with van der Waals surface area (Å²) in [6.45, 7) is 1.90. The van der Waals surface area contributed by atoms with Crippen LogP contribution in [-0.2, 0) is 4.79 Å². The molecule has 0 bridgehead atoms. The highest BCUT2D eigenvalue weighted by Crippen LogP contribution is 2.26. The minimum atomic E-state index is -0.196. The number of fused-ring (bicyclic) bond motifs is 1. The molecule has 1 saturated heterocycles. The van der Waals surface area contributed by atoms with E-state index in [9.17, 15) is 9.59 Å². The molecule has 1 fully saturated rings. The van der Waals surface area contributed by atoms with Crippen molar-refractivity contribution in [2.45, 2.75) is 12.8 Å². The van der Waals surface area contributed by atoms with Gasteiger partial charge in [0.25, 0.3) is 11.8 Å². The largest absolute Gasteiger partial charge is 0.488 e. The number of carbonyl (C=O) groups excluding carboxylic acids is 2. The second-order valence-corrected chi connectivity index (χ2v) is 6.53. The first-order valence-corrected chi connectivity index (χ1v) is 8.84. The molecule has 2 amide bonds. The Morgan fingerprint density at radius 1 is 0.962 bits per heavy atom. The molecule has 5 nitrogen and oxygen atoms in total. The number of nitrogens with zero attached hydrogens (tertiary/aromatic N) is 1. The van der Waals surface area contributed by atoms with Crippen molar-refractivity contribution < 1.29 is 14.3 Å². The van der Waals surface area contributed by atoms with E-state index in [-0.39, 0.29) is 18.4 Å². The number of hydrogen-bond acceptors (Lipinski definition) is 3. The summed E-state index contributed by atoms with van der Waals surface area (Å²) in [6, 6.07) is 14.7. The van der Waals surface area contributed by atoms with Gasteiger partial charge in [-0.2, -0.15) is 0 Å². The minimum absolute atomic E-state index is 0.0559. The third-order valence-electron chi connectivity index (χ3n) is 4.71. The molecule has 1 N–H and O–H groups in total. The van der Waals surface area contributed by atoms with Gasteiger partial charge >= 0.3 is 0 Å². The van der Waals surface area contributed by atoms with Gasteiger partial charge in [0.15, 0.2) is 0 Å². The molecule has 132 valence electrons. The quantitative estimate of drug-likeness (QED) is 0.925. The predicted octanol–water partition coefficient (Wildman–Crippen LogP) is 3.34. The van der Waals surface area contributed by atoms with Crippen LogP contribution in [0.25, 0.3) is 6.08 Å². The Hall–Kier alpha value is -3.08. The third-order valence-corrected chi connectivity index (χ3v) is 4.71. The number of hydrogen-bond donors (Lipinski definition) is 1. The Morgan fingerprint density at radius 2 is 1.69 bits per heavy atom. The normalized spacial score (nSPS) is 15.7. The van der Waals surface area contributed by atoms with Crippen LogP contribution in [0.1, 0.15) is 28.8 Å². The molecule has 0 aliphatic carbocycles. The van der Waals surface area contributed by atoms with E-state index < -0.39 is 0 Å². The fourth-order valence-corrected chi connectivity index (χ4v) is 3.26. The standard InChI is InChI=1S/C21H20N2O3/c24-20(17-13-16-5-1-2-6-19(16)26-14-17)22-18-9-7-15(8-10-18)21(25)23-11-3-4-12-23/h1-2,5-10,13H,3-4,11-12,14H2,(H,22,24). The molecule has 2 aliphatic rings. The van der Waals surface area contributed by atoms with Crippen LogP contribution in [0.2, 0.25) is 0 Å². The highest BCUT2D eigenvalue weighted by Gasteiger charge is 2.20. The number of amides is 2. The van der Waals surface area contributed by atoms with Crippen LogP contribution in [0.4, 0.5) is 5.69 Å². The monoisotopic (exact) mass is 348 g/mol.